The van der Waals surface area contributed by atoms with Crippen LogP contribution in [0.4, 0.5) is 0 Å². The molecule has 1 fully saturated rings. The Balaban J connectivity index is 2.73. The second-order valence-corrected chi connectivity index (χ2v) is 3.81. The van der Waals surface area contributed by atoms with Gasteiger partial charge in [0.15, 0.2) is 5.78 Å². The summed E-state index contributed by atoms with van der Waals surface area (Å²) < 4.78 is 0. The summed E-state index contributed by atoms with van der Waals surface area (Å²) in [4.78, 5) is 11.5. The van der Waals surface area contributed by atoms with Crippen molar-refractivity contribution < 1.29 is 4.79 Å². The predicted molar refractivity (Wildman–Crippen MR) is 45.5 cm³/mol. The lowest BCUT2D eigenvalue weighted by molar-refractivity contribution is -0.128. The van der Waals surface area contributed by atoms with Crippen LogP contribution in [0.1, 0.15) is 33.6 Å². The van der Waals surface area contributed by atoms with Crippen molar-refractivity contribution >= 4 is 5.78 Å². The van der Waals surface area contributed by atoms with Gasteiger partial charge in [-0.3, -0.25) is 4.79 Å². The Labute approximate surface area is 68.4 Å². The molecule has 0 aliphatic carbocycles. The van der Waals surface area contributed by atoms with E-state index in [2.05, 4.69) is 19.2 Å². The lowest BCUT2D eigenvalue weighted by atomic mass is 9.80. The molecular weight excluding hydrogens is 138 g/mol. The number of carbonyl (C=O) groups excluding carboxylic acids is 1. The van der Waals surface area contributed by atoms with Crippen LogP contribution >= 0.6 is 0 Å². The molecule has 0 spiro atoms. The topological polar surface area (TPSA) is 29.1 Å². The summed E-state index contributed by atoms with van der Waals surface area (Å²) in [7, 11) is 0. The highest BCUT2D eigenvalue weighted by molar-refractivity contribution is 5.88. The highest BCUT2D eigenvalue weighted by Crippen LogP contribution is 2.22. The van der Waals surface area contributed by atoms with E-state index >= 15 is 0 Å². The quantitative estimate of drug-likeness (QED) is 0.619. The number of hydrogen-bond donors (Lipinski definition) is 1. The third-order valence-electron chi connectivity index (χ3n) is 2.81. The van der Waals surface area contributed by atoms with Crippen LogP contribution in [-0.2, 0) is 4.79 Å². The maximum Gasteiger partial charge on any atom is 0.152 e. The molecule has 0 radical (unpaired) electrons. The number of ketones is 1. The van der Waals surface area contributed by atoms with Gasteiger partial charge in [-0.2, -0.15) is 0 Å². The van der Waals surface area contributed by atoms with Crippen LogP contribution in [0.25, 0.3) is 0 Å². The van der Waals surface area contributed by atoms with Gasteiger partial charge in [-0.05, 0) is 25.8 Å². The number of Topliss-reactive ketones (excluding diaryl/α,β-unsaturated/α-hetero) is 1. The molecule has 0 aromatic rings. The van der Waals surface area contributed by atoms with Crippen molar-refractivity contribution in [3.63, 3.8) is 0 Å². The molecule has 1 aliphatic rings. The number of piperidine rings is 1. The number of nitrogens with one attached hydrogen (secondary N) is 1. The van der Waals surface area contributed by atoms with E-state index in [0.29, 0.717) is 11.7 Å². The molecule has 0 aromatic heterocycles. The molecule has 1 rings (SSSR count). The van der Waals surface area contributed by atoms with Crippen molar-refractivity contribution in [2.24, 2.45) is 5.92 Å². The van der Waals surface area contributed by atoms with Crippen molar-refractivity contribution in [2.45, 2.75) is 39.2 Å². The number of hydrogen-bond acceptors (Lipinski definition) is 2. The minimum Gasteiger partial charge on any atom is -0.305 e. The molecule has 2 nitrogen and oxygen atoms in total. The van der Waals surface area contributed by atoms with Gasteiger partial charge in [0.1, 0.15) is 0 Å². The smallest absolute Gasteiger partial charge is 0.152 e. The minimum absolute atomic E-state index is 0.252. The van der Waals surface area contributed by atoms with Gasteiger partial charge in [0.25, 0.3) is 0 Å². The standard InChI is InChI=1S/C9H17NO/c1-7(2)9(3)8(11)5-4-6-10-9/h7,10H,4-6H2,1-3H3. The van der Waals surface area contributed by atoms with E-state index in [1.165, 1.54) is 0 Å². The third kappa shape index (κ3) is 1.45. The summed E-state index contributed by atoms with van der Waals surface area (Å²) in [6.45, 7) is 7.19. The maximum atomic E-state index is 11.5. The summed E-state index contributed by atoms with van der Waals surface area (Å²) in [5.41, 5.74) is -0.252. The van der Waals surface area contributed by atoms with Gasteiger partial charge < -0.3 is 5.32 Å². The number of carbonyl (C=O) groups is 1. The Bertz CT molecular complexity index is 165. The molecule has 1 atom stereocenters. The van der Waals surface area contributed by atoms with Crippen LogP contribution in [0.2, 0.25) is 0 Å². The van der Waals surface area contributed by atoms with Gasteiger partial charge in [-0.15, -0.1) is 0 Å². The Morgan fingerprint density at radius 2 is 2.18 bits per heavy atom. The number of rotatable bonds is 1. The summed E-state index contributed by atoms with van der Waals surface area (Å²) in [6, 6.07) is 0. The Hall–Kier alpha value is -0.370. The molecule has 1 unspecified atom stereocenters. The van der Waals surface area contributed by atoms with Gasteiger partial charge in [-0.25, -0.2) is 0 Å². The zero-order valence-electron chi connectivity index (χ0n) is 7.61. The van der Waals surface area contributed by atoms with Crippen molar-refractivity contribution in [1.82, 2.24) is 5.32 Å². The second kappa shape index (κ2) is 2.94. The first-order valence-corrected chi connectivity index (χ1v) is 4.35. The molecule has 1 aliphatic heterocycles. The van der Waals surface area contributed by atoms with E-state index in [-0.39, 0.29) is 5.54 Å². The lowest BCUT2D eigenvalue weighted by Crippen LogP contribution is -2.56. The first kappa shape index (κ1) is 8.72. The highest BCUT2D eigenvalue weighted by Gasteiger charge is 2.37. The normalized spacial score (nSPS) is 32.9. The van der Waals surface area contributed by atoms with E-state index in [9.17, 15) is 4.79 Å². The monoisotopic (exact) mass is 155 g/mol. The van der Waals surface area contributed by atoms with E-state index in [1.54, 1.807) is 0 Å². The summed E-state index contributed by atoms with van der Waals surface area (Å²) in [5.74, 6) is 0.772. The fourth-order valence-electron chi connectivity index (χ4n) is 1.48. The Morgan fingerprint density at radius 3 is 2.55 bits per heavy atom. The molecule has 1 N–H and O–H groups in total. The Morgan fingerprint density at radius 1 is 1.55 bits per heavy atom. The lowest BCUT2D eigenvalue weighted by Gasteiger charge is -2.36. The van der Waals surface area contributed by atoms with E-state index in [1.807, 2.05) is 6.92 Å². The zero-order valence-corrected chi connectivity index (χ0v) is 7.61. The molecular formula is C9H17NO. The summed E-state index contributed by atoms with van der Waals surface area (Å²) in [6.07, 6.45) is 1.75. The van der Waals surface area contributed by atoms with E-state index in [0.717, 1.165) is 19.4 Å². The van der Waals surface area contributed by atoms with Crippen molar-refractivity contribution in [3.8, 4) is 0 Å². The molecule has 0 saturated carbocycles. The molecule has 64 valence electrons. The van der Waals surface area contributed by atoms with Gasteiger partial charge in [0.05, 0.1) is 5.54 Å². The molecule has 0 aromatic carbocycles. The van der Waals surface area contributed by atoms with Crippen LogP contribution in [0, 0.1) is 5.92 Å². The third-order valence-corrected chi connectivity index (χ3v) is 2.81. The molecule has 0 bridgehead atoms. The summed E-state index contributed by atoms with van der Waals surface area (Å²) in [5, 5.41) is 3.30. The molecule has 1 heterocycles. The van der Waals surface area contributed by atoms with E-state index in [4.69, 9.17) is 0 Å². The van der Waals surface area contributed by atoms with Gasteiger partial charge in [0.2, 0.25) is 0 Å². The van der Waals surface area contributed by atoms with Crippen LogP contribution in [0.15, 0.2) is 0 Å². The molecule has 11 heavy (non-hydrogen) atoms. The first-order valence-electron chi connectivity index (χ1n) is 4.35. The first-order chi connectivity index (χ1) is 5.07. The van der Waals surface area contributed by atoms with Gasteiger partial charge in [-0.1, -0.05) is 13.8 Å². The van der Waals surface area contributed by atoms with Crippen molar-refractivity contribution in [1.29, 1.82) is 0 Å². The molecule has 1 saturated heterocycles. The fraction of sp³-hybridized carbons (Fsp3) is 0.889. The predicted octanol–water partition coefficient (Wildman–Crippen LogP) is 1.35. The average Bonchev–Trinajstić information content (AvgIpc) is 1.95. The van der Waals surface area contributed by atoms with E-state index < -0.39 is 0 Å². The molecule has 0 amide bonds. The van der Waals surface area contributed by atoms with Crippen molar-refractivity contribution in [2.75, 3.05) is 6.54 Å². The molecule has 2 heteroatoms. The van der Waals surface area contributed by atoms with Crippen LogP contribution in [0.3, 0.4) is 0 Å². The van der Waals surface area contributed by atoms with Crippen LogP contribution in [-0.4, -0.2) is 17.9 Å². The SMILES string of the molecule is CC(C)C1(C)NCCCC1=O. The highest BCUT2D eigenvalue weighted by atomic mass is 16.1. The minimum atomic E-state index is -0.252. The Kier molecular flexibility index (Phi) is 2.33. The second-order valence-electron chi connectivity index (χ2n) is 3.81. The van der Waals surface area contributed by atoms with Crippen LogP contribution < -0.4 is 5.32 Å². The average molecular weight is 155 g/mol. The van der Waals surface area contributed by atoms with Gasteiger partial charge in [0, 0.05) is 6.42 Å². The van der Waals surface area contributed by atoms with Crippen LogP contribution in [0.5, 0.6) is 0 Å². The largest absolute Gasteiger partial charge is 0.305 e. The van der Waals surface area contributed by atoms with Gasteiger partial charge >= 0.3 is 0 Å². The zero-order chi connectivity index (χ0) is 8.48. The van der Waals surface area contributed by atoms with Crippen molar-refractivity contribution in [3.05, 3.63) is 0 Å². The fourth-order valence-corrected chi connectivity index (χ4v) is 1.48. The maximum absolute atomic E-state index is 11.5. The summed E-state index contributed by atoms with van der Waals surface area (Å²) >= 11 is 0.